The molecule has 1 saturated heterocycles. The van der Waals surface area contributed by atoms with Crippen molar-refractivity contribution in [3.8, 4) is 11.4 Å². The quantitative estimate of drug-likeness (QED) is 0.744. The predicted octanol–water partition coefficient (Wildman–Crippen LogP) is 3.32. The highest BCUT2D eigenvalue weighted by Crippen LogP contribution is 2.33. The van der Waals surface area contributed by atoms with E-state index in [4.69, 9.17) is 14.5 Å². The summed E-state index contributed by atoms with van der Waals surface area (Å²) in [5.74, 6) is 2.25. The minimum atomic E-state index is 0.378. The van der Waals surface area contributed by atoms with Crippen LogP contribution in [0, 0.1) is 0 Å². The van der Waals surface area contributed by atoms with E-state index in [1.54, 1.807) is 7.11 Å². The van der Waals surface area contributed by atoms with Gasteiger partial charge in [-0.1, -0.05) is 12.1 Å². The highest BCUT2D eigenvalue weighted by atomic mass is 16.5. The summed E-state index contributed by atoms with van der Waals surface area (Å²) in [7, 11) is 1.69. The first kappa shape index (κ1) is 14.2. The Balaban J connectivity index is 1.95. The molecular weight excluding hydrogens is 290 g/mol. The minimum absolute atomic E-state index is 0.378. The molecule has 1 aliphatic rings. The average molecular weight is 309 g/mol. The smallest absolute Gasteiger partial charge is 0.164 e. The monoisotopic (exact) mass is 309 g/mol. The van der Waals surface area contributed by atoms with Gasteiger partial charge in [-0.05, 0) is 37.1 Å². The Morgan fingerprint density at radius 3 is 2.78 bits per heavy atom. The average Bonchev–Trinajstić information content (AvgIpc) is 3.02. The first-order valence-corrected chi connectivity index (χ1v) is 7.93. The molecule has 3 heterocycles. The number of ether oxygens (including phenoxy) is 2. The van der Waals surface area contributed by atoms with Crippen LogP contribution < -0.4 is 4.74 Å². The molecule has 5 nitrogen and oxygen atoms in total. The molecule has 0 saturated carbocycles. The third-order valence-electron chi connectivity index (χ3n) is 4.35. The van der Waals surface area contributed by atoms with Gasteiger partial charge in [0.25, 0.3) is 0 Å². The van der Waals surface area contributed by atoms with E-state index in [0.717, 1.165) is 54.5 Å². The molecular formula is C18H19N3O2. The summed E-state index contributed by atoms with van der Waals surface area (Å²) in [4.78, 5) is 9.44. The largest absolute Gasteiger partial charge is 0.495 e. The van der Waals surface area contributed by atoms with Crippen molar-refractivity contribution in [2.45, 2.75) is 18.8 Å². The SMILES string of the molecule is COc1ccccc1-n1c(C2CCOCC2)nc2cccnc21. The minimum Gasteiger partial charge on any atom is -0.495 e. The van der Waals surface area contributed by atoms with Crippen LogP contribution in [0.2, 0.25) is 0 Å². The van der Waals surface area contributed by atoms with Crippen LogP contribution in [0.5, 0.6) is 5.75 Å². The zero-order chi connectivity index (χ0) is 15.6. The number of aromatic nitrogens is 3. The van der Waals surface area contributed by atoms with Gasteiger partial charge in [0.2, 0.25) is 0 Å². The van der Waals surface area contributed by atoms with Gasteiger partial charge in [0.1, 0.15) is 17.1 Å². The van der Waals surface area contributed by atoms with E-state index in [1.165, 1.54) is 0 Å². The lowest BCUT2D eigenvalue weighted by molar-refractivity contribution is 0.0834. The Kier molecular flexibility index (Phi) is 3.71. The fraction of sp³-hybridized carbons (Fsp3) is 0.333. The maximum absolute atomic E-state index is 5.56. The Labute approximate surface area is 134 Å². The van der Waals surface area contributed by atoms with E-state index in [2.05, 4.69) is 15.6 Å². The number of fused-ring (bicyclic) bond motifs is 1. The van der Waals surface area contributed by atoms with E-state index in [1.807, 2.05) is 36.5 Å². The van der Waals surface area contributed by atoms with E-state index in [9.17, 15) is 0 Å². The fourth-order valence-electron chi connectivity index (χ4n) is 3.21. The number of methoxy groups -OCH3 is 1. The number of nitrogens with zero attached hydrogens (tertiary/aromatic N) is 3. The van der Waals surface area contributed by atoms with Crippen LogP contribution in [0.25, 0.3) is 16.9 Å². The molecule has 0 spiro atoms. The van der Waals surface area contributed by atoms with E-state index in [-0.39, 0.29) is 0 Å². The third-order valence-corrected chi connectivity index (χ3v) is 4.35. The van der Waals surface area contributed by atoms with Gasteiger partial charge in [-0.25, -0.2) is 9.97 Å². The normalized spacial score (nSPS) is 15.9. The summed E-state index contributed by atoms with van der Waals surface area (Å²) in [6.45, 7) is 1.57. The van der Waals surface area contributed by atoms with Gasteiger partial charge in [0, 0.05) is 25.3 Å². The van der Waals surface area contributed by atoms with Crippen molar-refractivity contribution in [3.05, 3.63) is 48.4 Å². The third kappa shape index (κ3) is 2.47. The number of rotatable bonds is 3. The van der Waals surface area contributed by atoms with Gasteiger partial charge >= 0.3 is 0 Å². The Morgan fingerprint density at radius 2 is 1.96 bits per heavy atom. The number of hydrogen-bond donors (Lipinski definition) is 0. The second kappa shape index (κ2) is 6.01. The molecule has 4 rings (SSSR count). The van der Waals surface area contributed by atoms with Crippen LogP contribution in [0.1, 0.15) is 24.6 Å². The fourth-order valence-corrected chi connectivity index (χ4v) is 3.21. The molecule has 0 N–H and O–H groups in total. The predicted molar refractivity (Wildman–Crippen MR) is 88.2 cm³/mol. The first-order chi connectivity index (χ1) is 11.4. The van der Waals surface area contributed by atoms with E-state index >= 15 is 0 Å². The van der Waals surface area contributed by atoms with Crippen molar-refractivity contribution in [1.82, 2.24) is 14.5 Å². The van der Waals surface area contributed by atoms with Crippen LogP contribution in [0.4, 0.5) is 0 Å². The van der Waals surface area contributed by atoms with Gasteiger partial charge in [-0.3, -0.25) is 4.57 Å². The van der Waals surface area contributed by atoms with Gasteiger partial charge in [-0.15, -0.1) is 0 Å². The molecule has 0 aliphatic carbocycles. The molecule has 0 amide bonds. The van der Waals surface area contributed by atoms with Crippen LogP contribution in [-0.4, -0.2) is 34.9 Å². The Morgan fingerprint density at radius 1 is 1.13 bits per heavy atom. The molecule has 23 heavy (non-hydrogen) atoms. The topological polar surface area (TPSA) is 49.2 Å². The lowest BCUT2D eigenvalue weighted by atomic mass is 9.99. The molecule has 2 aromatic heterocycles. The van der Waals surface area contributed by atoms with Crippen LogP contribution >= 0.6 is 0 Å². The molecule has 0 bridgehead atoms. The van der Waals surface area contributed by atoms with Crippen molar-refractivity contribution in [2.75, 3.05) is 20.3 Å². The van der Waals surface area contributed by atoms with Crippen LogP contribution in [-0.2, 0) is 4.74 Å². The standard InChI is InChI=1S/C18H19N3O2/c1-22-16-7-3-2-6-15(16)21-17(13-8-11-23-12-9-13)20-14-5-4-10-19-18(14)21/h2-7,10,13H,8-9,11-12H2,1H3. The molecule has 0 radical (unpaired) electrons. The summed E-state index contributed by atoms with van der Waals surface area (Å²) in [5, 5.41) is 0. The number of benzene rings is 1. The van der Waals surface area contributed by atoms with Crippen molar-refractivity contribution in [1.29, 1.82) is 0 Å². The van der Waals surface area contributed by atoms with Crippen molar-refractivity contribution in [2.24, 2.45) is 0 Å². The highest BCUT2D eigenvalue weighted by molar-refractivity contribution is 5.75. The summed E-state index contributed by atoms with van der Waals surface area (Å²) >= 11 is 0. The molecule has 0 atom stereocenters. The summed E-state index contributed by atoms with van der Waals surface area (Å²) in [6, 6.07) is 11.9. The molecule has 1 aromatic carbocycles. The second-order valence-corrected chi connectivity index (χ2v) is 5.71. The van der Waals surface area contributed by atoms with Crippen molar-refractivity contribution in [3.63, 3.8) is 0 Å². The van der Waals surface area contributed by atoms with Gasteiger partial charge in [0.15, 0.2) is 5.65 Å². The zero-order valence-corrected chi connectivity index (χ0v) is 13.1. The zero-order valence-electron chi connectivity index (χ0n) is 13.1. The van der Waals surface area contributed by atoms with Crippen LogP contribution in [0.15, 0.2) is 42.6 Å². The van der Waals surface area contributed by atoms with Gasteiger partial charge in [-0.2, -0.15) is 0 Å². The van der Waals surface area contributed by atoms with E-state index < -0.39 is 0 Å². The maximum atomic E-state index is 5.56. The second-order valence-electron chi connectivity index (χ2n) is 5.71. The summed E-state index contributed by atoms with van der Waals surface area (Å²) in [5.41, 5.74) is 2.77. The highest BCUT2D eigenvalue weighted by Gasteiger charge is 2.25. The first-order valence-electron chi connectivity index (χ1n) is 7.93. The maximum Gasteiger partial charge on any atom is 0.164 e. The lowest BCUT2D eigenvalue weighted by Gasteiger charge is -2.23. The molecule has 1 fully saturated rings. The molecule has 3 aromatic rings. The van der Waals surface area contributed by atoms with Crippen LogP contribution in [0.3, 0.4) is 0 Å². The molecule has 118 valence electrons. The van der Waals surface area contributed by atoms with Gasteiger partial charge in [0.05, 0.1) is 12.8 Å². The Hall–Kier alpha value is -2.40. The number of imidazole rings is 1. The molecule has 0 unspecified atom stereocenters. The summed E-state index contributed by atoms with van der Waals surface area (Å²) in [6.07, 6.45) is 3.78. The molecule has 5 heteroatoms. The molecule has 1 aliphatic heterocycles. The van der Waals surface area contributed by atoms with E-state index in [0.29, 0.717) is 5.92 Å². The van der Waals surface area contributed by atoms with Crippen molar-refractivity contribution < 1.29 is 9.47 Å². The summed E-state index contributed by atoms with van der Waals surface area (Å²) < 4.78 is 13.2. The lowest BCUT2D eigenvalue weighted by Crippen LogP contribution is -2.18. The van der Waals surface area contributed by atoms with Crippen molar-refractivity contribution >= 4 is 11.2 Å². The number of para-hydroxylation sites is 2. The Bertz CT molecular complexity index is 822. The number of pyridine rings is 1. The number of hydrogen-bond acceptors (Lipinski definition) is 4. The van der Waals surface area contributed by atoms with Gasteiger partial charge < -0.3 is 9.47 Å².